The molecule has 1 aliphatic rings. The van der Waals surface area contributed by atoms with Crippen molar-refractivity contribution in [2.24, 2.45) is 5.92 Å². The van der Waals surface area contributed by atoms with Gasteiger partial charge in [-0.15, -0.1) is 0 Å². The van der Waals surface area contributed by atoms with Crippen molar-refractivity contribution in [3.05, 3.63) is 53.9 Å². The van der Waals surface area contributed by atoms with Crippen LogP contribution in [0.4, 0.5) is 4.39 Å². The number of benzene rings is 1. The highest BCUT2D eigenvalue weighted by Gasteiger charge is 2.27. The molecule has 0 radical (unpaired) electrons. The van der Waals surface area contributed by atoms with E-state index in [2.05, 4.69) is 14.9 Å². The van der Waals surface area contributed by atoms with Gasteiger partial charge in [0.2, 0.25) is 0 Å². The molecule has 0 aliphatic carbocycles. The molecular formula is C16H20FN3O. The summed E-state index contributed by atoms with van der Waals surface area (Å²) >= 11 is 0. The Morgan fingerprint density at radius 2 is 2.00 bits per heavy atom. The van der Waals surface area contributed by atoms with E-state index in [0.29, 0.717) is 5.82 Å². The van der Waals surface area contributed by atoms with Crippen LogP contribution >= 0.6 is 0 Å². The second-order valence-corrected chi connectivity index (χ2v) is 5.66. The Morgan fingerprint density at radius 3 is 2.62 bits per heavy atom. The quantitative estimate of drug-likeness (QED) is 0.909. The zero-order valence-electron chi connectivity index (χ0n) is 11.9. The van der Waals surface area contributed by atoms with Gasteiger partial charge in [-0.1, -0.05) is 12.1 Å². The van der Waals surface area contributed by atoms with Crippen molar-refractivity contribution in [1.82, 2.24) is 14.9 Å². The maximum absolute atomic E-state index is 12.9. The van der Waals surface area contributed by atoms with E-state index in [9.17, 15) is 9.50 Å². The molecule has 0 spiro atoms. The Balaban J connectivity index is 1.52. The fourth-order valence-corrected chi connectivity index (χ4v) is 2.94. The molecule has 0 unspecified atom stereocenters. The second kappa shape index (κ2) is 6.37. The fourth-order valence-electron chi connectivity index (χ4n) is 2.94. The molecule has 2 aromatic rings. The van der Waals surface area contributed by atoms with Gasteiger partial charge < -0.3 is 10.1 Å². The van der Waals surface area contributed by atoms with Crippen LogP contribution in [0.1, 0.15) is 30.3 Å². The molecule has 2 N–H and O–H groups in total. The highest BCUT2D eigenvalue weighted by atomic mass is 19.1. The third-order valence-electron chi connectivity index (χ3n) is 4.20. The van der Waals surface area contributed by atoms with Crippen LogP contribution in [-0.4, -0.2) is 33.1 Å². The molecule has 1 saturated heterocycles. The first-order valence-corrected chi connectivity index (χ1v) is 7.36. The first-order chi connectivity index (χ1) is 10.2. The summed E-state index contributed by atoms with van der Waals surface area (Å²) in [6.07, 6.45) is 4.80. The van der Waals surface area contributed by atoms with Gasteiger partial charge >= 0.3 is 0 Å². The molecule has 4 nitrogen and oxygen atoms in total. The number of rotatable bonds is 4. The first kappa shape index (κ1) is 14.2. The first-order valence-electron chi connectivity index (χ1n) is 7.36. The van der Waals surface area contributed by atoms with E-state index in [1.165, 1.54) is 12.1 Å². The van der Waals surface area contributed by atoms with Crippen LogP contribution in [0.5, 0.6) is 0 Å². The minimum atomic E-state index is -0.507. The van der Waals surface area contributed by atoms with Crippen molar-refractivity contribution < 1.29 is 9.50 Å². The normalized spacial score (nSPS) is 18.8. The molecule has 1 aromatic carbocycles. The SMILES string of the molecule is O[C@H](c1ncc[nH]1)C1CCN(Cc2ccc(F)cc2)CC1. The molecule has 1 aliphatic heterocycles. The highest BCUT2D eigenvalue weighted by Crippen LogP contribution is 2.29. The molecule has 3 rings (SSSR count). The number of aromatic amines is 1. The van der Waals surface area contributed by atoms with Crippen LogP contribution < -0.4 is 0 Å². The third-order valence-corrected chi connectivity index (χ3v) is 4.20. The Labute approximate surface area is 123 Å². The summed E-state index contributed by atoms with van der Waals surface area (Å²) < 4.78 is 12.9. The smallest absolute Gasteiger partial charge is 0.135 e. The number of imidazole rings is 1. The largest absolute Gasteiger partial charge is 0.385 e. The van der Waals surface area contributed by atoms with E-state index < -0.39 is 6.10 Å². The number of piperidine rings is 1. The van der Waals surface area contributed by atoms with Gasteiger partial charge in [0.25, 0.3) is 0 Å². The minimum absolute atomic E-state index is 0.195. The van der Waals surface area contributed by atoms with E-state index >= 15 is 0 Å². The second-order valence-electron chi connectivity index (χ2n) is 5.66. The van der Waals surface area contributed by atoms with Gasteiger partial charge in [-0.25, -0.2) is 9.37 Å². The predicted octanol–water partition coefficient (Wildman–Crippen LogP) is 2.49. The number of aliphatic hydroxyl groups is 1. The number of aliphatic hydroxyl groups excluding tert-OH is 1. The molecule has 0 bridgehead atoms. The van der Waals surface area contributed by atoms with Crippen LogP contribution in [0.2, 0.25) is 0 Å². The number of nitrogens with one attached hydrogen (secondary N) is 1. The Kier molecular flexibility index (Phi) is 4.31. The summed E-state index contributed by atoms with van der Waals surface area (Å²) in [5.74, 6) is 0.714. The molecule has 1 fully saturated rings. The summed E-state index contributed by atoms with van der Waals surface area (Å²) in [6.45, 7) is 2.73. The van der Waals surface area contributed by atoms with E-state index in [0.717, 1.165) is 38.0 Å². The molecule has 0 saturated carbocycles. The van der Waals surface area contributed by atoms with Crippen molar-refractivity contribution in [3.63, 3.8) is 0 Å². The minimum Gasteiger partial charge on any atom is -0.385 e. The van der Waals surface area contributed by atoms with Crippen LogP contribution in [0, 0.1) is 11.7 Å². The van der Waals surface area contributed by atoms with Crippen LogP contribution in [0.3, 0.4) is 0 Å². The molecular weight excluding hydrogens is 269 g/mol. The van der Waals surface area contributed by atoms with Gasteiger partial charge in [0.15, 0.2) is 0 Å². The number of aromatic nitrogens is 2. The lowest BCUT2D eigenvalue weighted by molar-refractivity contribution is 0.0515. The van der Waals surface area contributed by atoms with Gasteiger partial charge in [0, 0.05) is 18.9 Å². The maximum Gasteiger partial charge on any atom is 0.135 e. The van der Waals surface area contributed by atoms with E-state index in [1.54, 1.807) is 12.4 Å². The zero-order chi connectivity index (χ0) is 14.7. The van der Waals surface area contributed by atoms with Crippen molar-refractivity contribution >= 4 is 0 Å². The van der Waals surface area contributed by atoms with Crippen molar-refractivity contribution in [1.29, 1.82) is 0 Å². The monoisotopic (exact) mass is 289 g/mol. The zero-order valence-corrected chi connectivity index (χ0v) is 11.9. The van der Waals surface area contributed by atoms with E-state index in [4.69, 9.17) is 0 Å². The van der Waals surface area contributed by atoms with Gasteiger partial charge in [-0.2, -0.15) is 0 Å². The van der Waals surface area contributed by atoms with Gasteiger partial charge in [-0.05, 0) is 49.5 Å². The molecule has 112 valence electrons. The van der Waals surface area contributed by atoms with Crippen molar-refractivity contribution in [2.75, 3.05) is 13.1 Å². The highest BCUT2D eigenvalue weighted by molar-refractivity contribution is 5.16. The van der Waals surface area contributed by atoms with E-state index in [1.807, 2.05) is 12.1 Å². The summed E-state index contributed by atoms with van der Waals surface area (Å²) in [5.41, 5.74) is 1.13. The average Bonchev–Trinajstić information content (AvgIpc) is 3.04. The molecule has 5 heteroatoms. The number of halogens is 1. The summed E-state index contributed by atoms with van der Waals surface area (Å²) in [5, 5.41) is 10.3. The summed E-state index contributed by atoms with van der Waals surface area (Å²) in [4.78, 5) is 9.46. The van der Waals surface area contributed by atoms with Crippen LogP contribution in [0.25, 0.3) is 0 Å². The number of H-pyrrole nitrogens is 1. The molecule has 1 aromatic heterocycles. The molecule has 2 heterocycles. The Bertz CT molecular complexity index is 547. The van der Waals surface area contributed by atoms with E-state index in [-0.39, 0.29) is 11.7 Å². The van der Waals surface area contributed by atoms with Gasteiger partial charge in [0.1, 0.15) is 17.7 Å². The lowest BCUT2D eigenvalue weighted by Gasteiger charge is -2.33. The molecule has 1 atom stereocenters. The summed E-state index contributed by atoms with van der Waals surface area (Å²) in [6, 6.07) is 6.67. The Morgan fingerprint density at radius 1 is 1.29 bits per heavy atom. The Hall–Kier alpha value is -1.72. The number of hydrogen-bond donors (Lipinski definition) is 2. The topological polar surface area (TPSA) is 52.2 Å². The predicted molar refractivity (Wildman–Crippen MR) is 77.9 cm³/mol. The average molecular weight is 289 g/mol. The van der Waals surface area contributed by atoms with Crippen molar-refractivity contribution in [2.45, 2.75) is 25.5 Å². The van der Waals surface area contributed by atoms with Crippen LogP contribution in [-0.2, 0) is 6.54 Å². The number of nitrogens with zero attached hydrogens (tertiary/aromatic N) is 2. The molecule has 0 amide bonds. The van der Waals surface area contributed by atoms with Gasteiger partial charge in [0.05, 0.1) is 0 Å². The van der Waals surface area contributed by atoms with Gasteiger partial charge in [-0.3, -0.25) is 4.90 Å². The fraction of sp³-hybridized carbons (Fsp3) is 0.438. The number of likely N-dealkylation sites (tertiary alicyclic amines) is 1. The third kappa shape index (κ3) is 3.49. The number of hydrogen-bond acceptors (Lipinski definition) is 3. The summed E-state index contributed by atoms with van der Waals surface area (Å²) in [7, 11) is 0. The lowest BCUT2D eigenvalue weighted by Crippen LogP contribution is -2.35. The molecule has 21 heavy (non-hydrogen) atoms. The maximum atomic E-state index is 12.9. The van der Waals surface area contributed by atoms with Crippen molar-refractivity contribution in [3.8, 4) is 0 Å². The van der Waals surface area contributed by atoms with Crippen LogP contribution in [0.15, 0.2) is 36.7 Å². The standard InChI is InChI=1S/C16H20FN3O/c17-14-3-1-12(2-4-14)11-20-9-5-13(6-10-20)15(21)16-18-7-8-19-16/h1-4,7-8,13,15,21H,5-6,9-11H2,(H,18,19)/t15-/m0/s1. The lowest BCUT2D eigenvalue weighted by atomic mass is 9.90.